The average molecular weight is 318 g/mol. The number of carbonyl (C=O) groups is 1. The molecule has 1 aromatic heterocycles. The van der Waals surface area contributed by atoms with Gasteiger partial charge in [0.1, 0.15) is 11.8 Å². The Bertz CT molecular complexity index is 565. The molecule has 1 atom stereocenters. The zero-order valence-corrected chi connectivity index (χ0v) is 13.5. The largest absolute Gasteiger partial charge is 0.468 e. The van der Waals surface area contributed by atoms with E-state index in [0.29, 0.717) is 18.1 Å². The van der Waals surface area contributed by atoms with Crippen LogP contribution in [0.1, 0.15) is 26.0 Å². The van der Waals surface area contributed by atoms with E-state index in [0.717, 1.165) is 0 Å². The number of sulfonamides is 1. The number of nitrogens with one attached hydrogen (secondary N) is 2. The maximum absolute atomic E-state index is 11.7. The van der Waals surface area contributed by atoms with Crippen LogP contribution in [0.2, 0.25) is 0 Å². The van der Waals surface area contributed by atoms with Gasteiger partial charge in [-0.3, -0.25) is 10.1 Å². The van der Waals surface area contributed by atoms with E-state index >= 15 is 0 Å². The average Bonchev–Trinajstić information content (AvgIpc) is 2.91. The summed E-state index contributed by atoms with van der Waals surface area (Å²) in [6.07, 6.45) is 0.620. The van der Waals surface area contributed by atoms with Gasteiger partial charge in [0.15, 0.2) is 0 Å². The molecular weight excluding hydrogens is 296 g/mol. The van der Waals surface area contributed by atoms with Crippen molar-refractivity contribution >= 4 is 16.0 Å². The fourth-order valence-corrected chi connectivity index (χ4v) is 2.46. The smallest absolute Gasteiger partial charge is 0.322 e. The first-order valence-electron chi connectivity index (χ1n) is 6.63. The molecule has 7 nitrogen and oxygen atoms in total. The van der Waals surface area contributed by atoms with Crippen molar-refractivity contribution in [2.45, 2.75) is 37.9 Å². The Morgan fingerprint density at radius 2 is 2.05 bits per heavy atom. The molecule has 1 heterocycles. The second-order valence-corrected chi connectivity index (χ2v) is 6.83. The van der Waals surface area contributed by atoms with E-state index in [-0.39, 0.29) is 17.6 Å². The van der Waals surface area contributed by atoms with Crippen LogP contribution in [0, 0.1) is 5.92 Å². The molecule has 0 aliphatic rings. The lowest BCUT2D eigenvalue weighted by Crippen LogP contribution is -2.38. The minimum Gasteiger partial charge on any atom is -0.468 e. The van der Waals surface area contributed by atoms with E-state index in [1.807, 2.05) is 13.8 Å². The SMILES string of the molecule is CNS(=O)(=O)c1ccc(CNC(CC(C)C)C(=O)OC)o1. The molecule has 8 heteroatoms. The van der Waals surface area contributed by atoms with Crippen molar-refractivity contribution in [2.75, 3.05) is 14.2 Å². The molecule has 0 bridgehead atoms. The molecule has 2 N–H and O–H groups in total. The first kappa shape index (κ1) is 17.7. The van der Waals surface area contributed by atoms with Crippen molar-refractivity contribution < 1.29 is 22.4 Å². The van der Waals surface area contributed by atoms with Crippen LogP contribution in [0.4, 0.5) is 0 Å². The molecule has 0 saturated carbocycles. The summed E-state index contributed by atoms with van der Waals surface area (Å²) in [4.78, 5) is 11.7. The Kier molecular flexibility index (Phi) is 6.38. The lowest BCUT2D eigenvalue weighted by atomic mass is 10.0. The Labute approximate surface area is 125 Å². The highest BCUT2D eigenvalue weighted by atomic mass is 32.2. The second-order valence-electron chi connectivity index (χ2n) is 5.01. The second kappa shape index (κ2) is 7.58. The molecule has 0 aromatic carbocycles. The summed E-state index contributed by atoms with van der Waals surface area (Å²) in [5, 5.41) is 2.86. The van der Waals surface area contributed by atoms with E-state index in [1.165, 1.54) is 20.2 Å². The van der Waals surface area contributed by atoms with Crippen LogP contribution in [0.25, 0.3) is 0 Å². The Morgan fingerprint density at radius 1 is 1.38 bits per heavy atom. The van der Waals surface area contributed by atoms with Gasteiger partial charge >= 0.3 is 5.97 Å². The van der Waals surface area contributed by atoms with Gasteiger partial charge in [-0.15, -0.1) is 0 Å². The van der Waals surface area contributed by atoms with Crippen molar-refractivity contribution in [1.29, 1.82) is 0 Å². The van der Waals surface area contributed by atoms with Gasteiger partial charge in [0, 0.05) is 0 Å². The maximum Gasteiger partial charge on any atom is 0.322 e. The molecule has 21 heavy (non-hydrogen) atoms. The van der Waals surface area contributed by atoms with Gasteiger partial charge in [0.25, 0.3) is 10.0 Å². The van der Waals surface area contributed by atoms with Gasteiger partial charge in [-0.1, -0.05) is 13.8 Å². The standard InChI is InChI=1S/C13H22N2O5S/c1-9(2)7-11(13(16)19-4)15-8-10-5-6-12(20-10)21(17,18)14-3/h5-6,9,11,14-15H,7-8H2,1-4H3. The van der Waals surface area contributed by atoms with Crippen LogP contribution >= 0.6 is 0 Å². The Hall–Kier alpha value is -1.38. The predicted molar refractivity (Wildman–Crippen MR) is 77.1 cm³/mol. The molecule has 0 saturated heterocycles. The maximum atomic E-state index is 11.7. The minimum absolute atomic E-state index is 0.153. The number of methoxy groups -OCH3 is 1. The minimum atomic E-state index is -3.59. The van der Waals surface area contributed by atoms with Gasteiger partial charge in [-0.05, 0) is 31.5 Å². The van der Waals surface area contributed by atoms with Crippen LogP contribution in [0.3, 0.4) is 0 Å². The van der Waals surface area contributed by atoms with E-state index in [9.17, 15) is 13.2 Å². The van der Waals surface area contributed by atoms with Gasteiger partial charge < -0.3 is 9.15 Å². The molecule has 0 aliphatic heterocycles. The molecule has 1 aromatic rings. The summed E-state index contributed by atoms with van der Waals surface area (Å²) >= 11 is 0. The molecule has 1 rings (SSSR count). The molecule has 1 unspecified atom stereocenters. The van der Waals surface area contributed by atoms with Gasteiger partial charge in [-0.25, -0.2) is 13.1 Å². The number of hydrogen-bond donors (Lipinski definition) is 2. The highest BCUT2D eigenvalue weighted by Gasteiger charge is 2.21. The molecule has 0 amide bonds. The van der Waals surface area contributed by atoms with Crippen LogP contribution in [-0.4, -0.2) is 34.6 Å². The first-order chi connectivity index (χ1) is 9.80. The number of esters is 1. The van der Waals surface area contributed by atoms with Gasteiger partial charge in [0.2, 0.25) is 5.09 Å². The number of furan rings is 1. The Balaban J connectivity index is 2.70. The van der Waals surface area contributed by atoms with Crippen molar-refractivity contribution in [3.05, 3.63) is 17.9 Å². The van der Waals surface area contributed by atoms with Crippen molar-refractivity contribution in [3.63, 3.8) is 0 Å². The molecular formula is C13H22N2O5S. The summed E-state index contributed by atoms with van der Waals surface area (Å²) in [6.45, 7) is 4.25. The number of ether oxygens (including phenoxy) is 1. The normalized spacial score (nSPS) is 13.4. The van der Waals surface area contributed by atoms with E-state index in [4.69, 9.17) is 9.15 Å². The van der Waals surface area contributed by atoms with Crippen molar-refractivity contribution in [2.24, 2.45) is 5.92 Å². The predicted octanol–water partition coefficient (Wildman–Crippen LogP) is 0.865. The third-order valence-corrected chi connectivity index (χ3v) is 4.17. The highest BCUT2D eigenvalue weighted by molar-refractivity contribution is 7.89. The van der Waals surface area contributed by atoms with Gasteiger partial charge in [0.05, 0.1) is 13.7 Å². The van der Waals surface area contributed by atoms with Crippen LogP contribution in [-0.2, 0) is 26.1 Å². The van der Waals surface area contributed by atoms with Crippen LogP contribution in [0.15, 0.2) is 21.6 Å². The fraction of sp³-hybridized carbons (Fsp3) is 0.615. The topological polar surface area (TPSA) is 97.6 Å². The first-order valence-corrected chi connectivity index (χ1v) is 8.12. The Morgan fingerprint density at radius 3 is 2.57 bits per heavy atom. The monoisotopic (exact) mass is 318 g/mol. The summed E-state index contributed by atoms with van der Waals surface area (Å²) in [5.74, 6) is 0.401. The van der Waals surface area contributed by atoms with Crippen molar-refractivity contribution in [3.8, 4) is 0 Å². The van der Waals surface area contributed by atoms with Crippen molar-refractivity contribution in [1.82, 2.24) is 10.0 Å². The molecule has 0 aliphatic carbocycles. The number of hydrogen-bond acceptors (Lipinski definition) is 6. The summed E-state index contributed by atoms with van der Waals surface area (Å²) < 4.78 is 35.3. The molecule has 0 radical (unpaired) electrons. The molecule has 120 valence electrons. The summed E-state index contributed by atoms with van der Waals surface area (Å²) in [7, 11) is -0.946. The number of rotatable bonds is 8. The van der Waals surface area contributed by atoms with E-state index in [1.54, 1.807) is 6.07 Å². The number of carbonyl (C=O) groups excluding carboxylic acids is 1. The highest BCUT2D eigenvalue weighted by Crippen LogP contribution is 2.14. The van der Waals surface area contributed by atoms with Gasteiger partial charge in [-0.2, -0.15) is 0 Å². The molecule has 0 spiro atoms. The van der Waals surface area contributed by atoms with Crippen LogP contribution < -0.4 is 10.0 Å². The lowest BCUT2D eigenvalue weighted by molar-refractivity contribution is -0.143. The molecule has 0 fully saturated rings. The van der Waals surface area contributed by atoms with E-state index in [2.05, 4.69) is 10.0 Å². The fourth-order valence-electron chi connectivity index (χ4n) is 1.80. The van der Waals surface area contributed by atoms with E-state index < -0.39 is 16.1 Å². The zero-order valence-electron chi connectivity index (χ0n) is 12.7. The van der Waals surface area contributed by atoms with Crippen LogP contribution in [0.5, 0.6) is 0 Å². The summed E-state index contributed by atoms with van der Waals surface area (Å²) in [6, 6.07) is 2.48. The summed E-state index contributed by atoms with van der Waals surface area (Å²) in [5.41, 5.74) is 0. The quantitative estimate of drug-likeness (QED) is 0.690. The third-order valence-electron chi connectivity index (χ3n) is 2.89. The lowest BCUT2D eigenvalue weighted by Gasteiger charge is -2.17. The third kappa shape index (κ3) is 5.14. The zero-order chi connectivity index (χ0) is 16.0.